The summed E-state index contributed by atoms with van der Waals surface area (Å²) in [4.78, 5) is 28.2. The molecular formula is C30H42N4O4. The van der Waals surface area contributed by atoms with Gasteiger partial charge in [-0.15, -0.1) is 0 Å². The molecule has 1 saturated heterocycles. The highest BCUT2D eigenvalue weighted by Gasteiger charge is 2.29. The van der Waals surface area contributed by atoms with Crippen molar-refractivity contribution in [1.82, 2.24) is 10.6 Å². The summed E-state index contributed by atoms with van der Waals surface area (Å²) < 4.78 is 10.6. The van der Waals surface area contributed by atoms with Gasteiger partial charge < -0.3 is 30.3 Å². The fourth-order valence-electron chi connectivity index (χ4n) is 5.44. The van der Waals surface area contributed by atoms with Crippen molar-refractivity contribution in [3.05, 3.63) is 54.1 Å². The summed E-state index contributed by atoms with van der Waals surface area (Å²) in [5.41, 5.74) is 2.75. The van der Waals surface area contributed by atoms with E-state index in [4.69, 9.17) is 9.47 Å². The number of ether oxygens (including phenoxy) is 2. The Morgan fingerprint density at radius 2 is 1.63 bits per heavy atom. The van der Waals surface area contributed by atoms with Gasteiger partial charge in [-0.05, 0) is 73.7 Å². The van der Waals surface area contributed by atoms with E-state index in [1.54, 1.807) is 7.11 Å². The number of hydrogen-bond donors (Lipinski definition) is 3. The fourth-order valence-corrected chi connectivity index (χ4v) is 5.44. The molecule has 1 unspecified atom stereocenters. The van der Waals surface area contributed by atoms with Crippen molar-refractivity contribution in [1.29, 1.82) is 0 Å². The van der Waals surface area contributed by atoms with Crippen molar-refractivity contribution in [2.75, 3.05) is 63.3 Å². The van der Waals surface area contributed by atoms with Crippen LogP contribution in [0, 0.1) is 11.8 Å². The molecule has 0 aromatic heterocycles. The van der Waals surface area contributed by atoms with Crippen LogP contribution in [0.4, 0.5) is 11.4 Å². The van der Waals surface area contributed by atoms with E-state index >= 15 is 0 Å². The lowest BCUT2D eigenvalue weighted by atomic mass is 9.78. The van der Waals surface area contributed by atoms with Gasteiger partial charge in [0.25, 0.3) is 5.91 Å². The smallest absolute Gasteiger partial charge is 0.251 e. The summed E-state index contributed by atoms with van der Waals surface area (Å²) in [5, 5.41) is 9.51. The van der Waals surface area contributed by atoms with Crippen molar-refractivity contribution in [3.63, 3.8) is 0 Å². The van der Waals surface area contributed by atoms with Crippen LogP contribution in [-0.4, -0.2) is 64.9 Å². The van der Waals surface area contributed by atoms with Gasteiger partial charge in [-0.2, -0.15) is 0 Å². The van der Waals surface area contributed by atoms with Crippen LogP contribution in [0.3, 0.4) is 0 Å². The van der Waals surface area contributed by atoms with Crippen LogP contribution in [0.5, 0.6) is 5.75 Å². The molecule has 8 nitrogen and oxygen atoms in total. The highest BCUT2D eigenvalue weighted by Crippen LogP contribution is 2.32. The van der Waals surface area contributed by atoms with E-state index in [9.17, 15) is 9.59 Å². The molecule has 3 N–H and O–H groups in total. The Balaban J connectivity index is 1.24. The maximum atomic E-state index is 13.2. The van der Waals surface area contributed by atoms with E-state index in [0.717, 1.165) is 56.3 Å². The van der Waals surface area contributed by atoms with Crippen molar-refractivity contribution < 1.29 is 19.1 Å². The Hall–Kier alpha value is -3.26. The standard InChI is InChI=1S/C30H42N4O4/c1-37-27-13-9-25(10-14-27)31-17-18-33-30(36)28(23-5-3-2-4-6-23)15-16-32-29(35)24-7-11-26(12-8-24)34-19-21-38-22-20-34/h7-14,23,28,31H,2-6,15-22H2,1H3,(H,32,35)(H,33,36). The third kappa shape index (κ3) is 8.12. The van der Waals surface area contributed by atoms with Crippen LogP contribution >= 0.6 is 0 Å². The third-order valence-corrected chi connectivity index (χ3v) is 7.65. The zero-order valence-corrected chi connectivity index (χ0v) is 22.5. The van der Waals surface area contributed by atoms with E-state index in [0.29, 0.717) is 37.5 Å². The monoisotopic (exact) mass is 522 g/mol. The van der Waals surface area contributed by atoms with Crippen molar-refractivity contribution in [2.45, 2.75) is 38.5 Å². The zero-order chi connectivity index (χ0) is 26.6. The quantitative estimate of drug-likeness (QED) is 0.364. The molecule has 1 saturated carbocycles. The van der Waals surface area contributed by atoms with E-state index in [-0.39, 0.29) is 17.7 Å². The number of nitrogens with one attached hydrogen (secondary N) is 3. The third-order valence-electron chi connectivity index (χ3n) is 7.65. The minimum absolute atomic E-state index is 0.0831. The first-order valence-electron chi connectivity index (χ1n) is 14.0. The van der Waals surface area contributed by atoms with Crippen LogP contribution in [0.1, 0.15) is 48.9 Å². The molecule has 8 heteroatoms. The van der Waals surface area contributed by atoms with E-state index in [1.165, 1.54) is 19.3 Å². The molecule has 2 aromatic rings. The molecule has 1 aliphatic carbocycles. The molecule has 0 radical (unpaired) electrons. The summed E-state index contributed by atoms with van der Waals surface area (Å²) >= 11 is 0. The van der Waals surface area contributed by atoms with Crippen molar-refractivity contribution in [2.24, 2.45) is 11.8 Å². The Labute approximate surface area is 226 Å². The average Bonchev–Trinajstić information content (AvgIpc) is 2.98. The van der Waals surface area contributed by atoms with Crippen LogP contribution in [0.15, 0.2) is 48.5 Å². The first-order chi connectivity index (χ1) is 18.6. The number of anilines is 2. The second-order valence-electron chi connectivity index (χ2n) is 10.1. The number of nitrogens with zero attached hydrogens (tertiary/aromatic N) is 1. The molecule has 2 aromatic carbocycles. The minimum atomic E-state index is -0.0926. The van der Waals surface area contributed by atoms with Gasteiger partial charge in [0.05, 0.1) is 20.3 Å². The number of methoxy groups -OCH3 is 1. The van der Waals surface area contributed by atoms with Crippen LogP contribution < -0.4 is 25.6 Å². The van der Waals surface area contributed by atoms with Crippen LogP contribution in [-0.2, 0) is 9.53 Å². The number of hydrogen-bond acceptors (Lipinski definition) is 6. The van der Waals surface area contributed by atoms with Crippen LogP contribution in [0.2, 0.25) is 0 Å². The molecule has 4 rings (SSSR count). The van der Waals surface area contributed by atoms with Crippen LogP contribution in [0.25, 0.3) is 0 Å². The molecule has 206 valence electrons. The summed E-state index contributed by atoms with van der Waals surface area (Å²) in [6.45, 7) is 4.89. The lowest BCUT2D eigenvalue weighted by Gasteiger charge is -2.29. The second kappa shape index (κ2) is 14.6. The van der Waals surface area contributed by atoms with E-state index in [2.05, 4.69) is 20.9 Å². The van der Waals surface area contributed by atoms with Gasteiger partial charge in [-0.1, -0.05) is 19.3 Å². The summed E-state index contributed by atoms with van der Waals surface area (Å²) in [6.07, 6.45) is 6.41. The van der Waals surface area contributed by atoms with Crippen molar-refractivity contribution >= 4 is 23.2 Å². The van der Waals surface area contributed by atoms with Gasteiger partial charge in [-0.3, -0.25) is 9.59 Å². The van der Waals surface area contributed by atoms with Gasteiger partial charge in [-0.25, -0.2) is 0 Å². The summed E-state index contributed by atoms with van der Waals surface area (Å²) in [7, 11) is 1.65. The number of carbonyl (C=O) groups is 2. The highest BCUT2D eigenvalue weighted by molar-refractivity contribution is 5.94. The lowest BCUT2D eigenvalue weighted by Crippen LogP contribution is -2.40. The van der Waals surface area contributed by atoms with Gasteiger partial charge in [0.2, 0.25) is 5.91 Å². The molecule has 0 bridgehead atoms. The molecule has 2 fully saturated rings. The molecule has 2 amide bonds. The molecule has 1 heterocycles. The van der Waals surface area contributed by atoms with Gasteiger partial charge in [0.15, 0.2) is 0 Å². The molecule has 0 spiro atoms. The van der Waals surface area contributed by atoms with Gasteiger partial charge in [0.1, 0.15) is 5.75 Å². The Bertz CT molecular complexity index is 1000. The zero-order valence-electron chi connectivity index (χ0n) is 22.5. The topological polar surface area (TPSA) is 91.9 Å². The first-order valence-corrected chi connectivity index (χ1v) is 14.0. The van der Waals surface area contributed by atoms with E-state index < -0.39 is 0 Å². The molecular weight excluding hydrogens is 480 g/mol. The van der Waals surface area contributed by atoms with Gasteiger partial charge >= 0.3 is 0 Å². The maximum absolute atomic E-state index is 13.2. The molecule has 1 aliphatic heterocycles. The van der Waals surface area contributed by atoms with Crippen molar-refractivity contribution in [3.8, 4) is 5.75 Å². The number of benzene rings is 2. The SMILES string of the molecule is COc1ccc(NCCNC(=O)C(CCNC(=O)c2ccc(N3CCOCC3)cc2)C2CCCCC2)cc1. The lowest BCUT2D eigenvalue weighted by molar-refractivity contribution is -0.127. The average molecular weight is 523 g/mol. The normalized spacial score (nSPS) is 16.9. The van der Waals surface area contributed by atoms with Gasteiger partial charge in [0, 0.05) is 55.6 Å². The summed E-state index contributed by atoms with van der Waals surface area (Å²) in [6, 6.07) is 15.5. The largest absolute Gasteiger partial charge is 0.497 e. The Morgan fingerprint density at radius 1 is 0.921 bits per heavy atom. The number of morpholine rings is 1. The molecule has 1 atom stereocenters. The number of rotatable bonds is 12. The van der Waals surface area contributed by atoms with E-state index in [1.807, 2.05) is 48.5 Å². The second-order valence-corrected chi connectivity index (χ2v) is 10.1. The summed E-state index contributed by atoms with van der Waals surface area (Å²) in [5.74, 6) is 1.11. The number of amides is 2. The molecule has 2 aliphatic rings. The number of carbonyl (C=O) groups excluding carboxylic acids is 2. The first kappa shape index (κ1) is 27.8. The Morgan fingerprint density at radius 3 is 2.32 bits per heavy atom. The predicted octanol–water partition coefficient (Wildman–Crippen LogP) is 4.08. The maximum Gasteiger partial charge on any atom is 0.251 e. The fraction of sp³-hybridized carbons (Fsp3) is 0.533. The Kier molecular flexibility index (Phi) is 10.7. The molecule has 38 heavy (non-hydrogen) atoms. The predicted molar refractivity (Wildman–Crippen MR) is 151 cm³/mol. The highest BCUT2D eigenvalue weighted by atomic mass is 16.5. The minimum Gasteiger partial charge on any atom is -0.497 e.